The lowest BCUT2D eigenvalue weighted by Crippen LogP contribution is -2.07. The number of benzene rings is 1. The number of aliphatic hydroxyl groups excluding tert-OH is 1. The zero-order valence-electron chi connectivity index (χ0n) is 9.79. The molecule has 0 aliphatic rings. The summed E-state index contributed by atoms with van der Waals surface area (Å²) in [6.07, 6.45) is 0.407. The van der Waals surface area contributed by atoms with Gasteiger partial charge >= 0.3 is 0 Å². The van der Waals surface area contributed by atoms with Gasteiger partial charge in [-0.1, -0.05) is 6.07 Å². The van der Waals surface area contributed by atoms with Gasteiger partial charge in [-0.2, -0.15) is 4.68 Å². The maximum Gasteiger partial charge on any atom is 0.159 e. The molecule has 1 heterocycles. The van der Waals surface area contributed by atoms with Gasteiger partial charge in [-0.05, 0) is 35.0 Å². The van der Waals surface area contributed by atoms with Crippen LogP contribution in [0.3, 0.4) is 0 Å². The predicted molar refractivity (Wildman–Crippen MR) is 61.2 cm³/mol. The molecule has 1 aromatic heterocycles. The van der Waals surface area contributed by atoms with E-state index < -0.39 is 0 Å². The van der Waals surface area contributed by atoms with E-state index in [1.165, 1.54) is 0 Å². The molecule has 6 heteroatoms. The Morgan fingerprint density at radius 2 is 2.24 bits per heavy atom. The van der Waals surface area contributed by atoms with Gasteiger partial charge in [-0.3, -0.25) is 0 Å². The first-order valence-corrected chi connectivity index (χ1v) is 5.29. The molecule has 0 spiro atoms. The number of aromatic nitrogens is 4. The SMILES string of the molecule is COc1ccc(C)cc1-n1nnnc1CCO. The molecule has 0 fully saturated rings. The molecule has 0 saturated heterocycles. The molecule has 0 aliphatic heterocycles. The van der Waals surface area contributed by atoms with Crippen LogP contribution in [0, 0.1) is 6.92 Å². The van der Waals surface area contributed by atoms with Crippen molar-refractivity contribution in [2.75, 3.05) is 13.7 Å². The number of aliphatic hydroxyl groups is 1. The Morgan fingerprint density at radius 1 is 1.41 bits per heavy atom. The van der Waals surface area contributed by atoms with Crippen LogP contribution >= 0.6 is 0 Å². The van der Waals surface area contributed by atoms with E-state index in [1.807, 2.05) is 25.1 Å². The van der Waals surface area contributed by atoms with Gasteiger partial charge in [-0.15, -0.1) is 5.10 Å². The third kappa shape index (κ3) is 2.26. The molecule has 0 radical (unpaired) electrons. The Hall–Kier alpha value is -1.95. The molecule has 0 unspecified atom stereocenters. The van der Waals surface area contributed by atoms with E-state index in [1.54, 1.807) is 11.8 Å². The number of aryl methyl sites for hydroxylation is 1. The van der Waals surface area contributed by atoms with Gasteiger partial charge < -0.3 is 9.84 Å². The van der Waals surface area contributed by atoms with Gasteiger partial charge in [0.05, 0.1) is 13.7 Å². The average molecular weight is 234 g/mol. The van der Waals surface area contributed by atoms with E-state index in [0.717, 1.165) is 11.3 Å². The smallest absolute Gasteiger partial charge is 0.159 e. The maximum atomic E-state index is 8.95. The lowest BCUT2D eigenvalue weighted by molar-refractivity contribution is 0.295. The van der Waals surface area contributed by atoms with Crippen molar-refractivity contribution in [3.63, 3.8) is 0 Å². The summed E-state index contributed by atoms with van der Waals surface area (Å²) >= 11 is 0. The van der Waals surface area contributed by atoms with Gasteiger partial charge in [-0.25, -0.2) is 0 Å². The molecule has 0 aliphatic carbocycles. The van der Waals surface area contributed by atoms with Crippen LogP contribution in [0.4, 0.5) is 0 Å². The molecule has 17 heavy (non-hydrogen) atoms. The molecule has 2 rings (SSSR count). The third-order valence-electron chi connectivity index (χ3n) is 2.43. The minimum absolute atomic E-state index is 0.00844. The van der Waals surface area contributed by atoms with Gasteiger partial charge in [0, 0.05) is 6.42 Å². The maximum absolute atomic E-state index is 8.95. The van der Waals surface area contributed by atoms with E-state index in [9.17, 15) is 0 Å². The molecule has 6 nitrogen and oxygen atoms in total. The zero-order valence-corrected chi connectivity index (χ0v) is 9.79. The van der Waals surface area contributed by atoms with E-state index in [4.69, 9.17) is 9.84 Å². The molecule has 0 atom stereocenters. The first-order chi connectivity index (χ1) is 8.26. The number of ether oxygens (including phenoxy) is 1. The Balaban J connectivity index is 2.51. The first kappa shape index (κ1) is 11.5. The molecule has 2 aromatic rings. The Kier molecular flexibility index (Phi) is 3.34. The van der Waals surface area contributed by atoms with Gasteiger partial charge in [0.1, 0.15) is 11.4 Å². The molecule has 0 bridgehead atoms. The van der Waals surface area contributed by atoms with Crippen molar-refractivity contribution in [1.29, 1.82) is 0 Å². The van der Waals surface area contributed by atoms with Crippen LogP contribution in [0.15, 0.2) is 18.2 Å². The fourth-order valence-corrected chi connectivity index (χ4v) is 1.61. The predicted octanol–water partition coefficient (Wildman–Crippen LogP) is 0.514. The lowest BCUT2D eigenvalue weighted by atomic mass is 10.2. The summed E-state index contributed by atoms with van der Waals surface area (Å²) in [5.41, 5.74) is 1.87. The summed E-state index contributed by atoms with van der Waals surface area (Å²) in [5.74, 6) is 1.30. The van der Waals surface area contributed by atoms with Gasteiger partial charge in [0.15, 0.2) is 5.82 Å². The van der Waals surface area contributed by atoms with Crippen LogP contribution in [-0.2, 0) is 6.42 Å². The third-order valence-corrected chi connectivity index (χ3v) is 2.43. The summed E-state index contributed by atoms with van der Waals surface area (Å²) < 4.78 is 6.86. The van der Waals surface area contributed by atoms with Crippen LogP contribution in [0.25, 0.3) is 5.69 Å². The van der Waals surface area contributed by atoms with Crippen molar-refractivity contribution in [3.05, 3.63) is 29.6 Å². The largest absolute Gasteiger partial charge is 0.494 e. The van der Waals surface area contributed by atoms with Crippen molar-refractivity contribution in [2.45, 2.75) is 13.3 Å². The van der Waals surface area contributed by atoms with Gasteiger partial charge in [0.2, 0.25) is 0 Å². The normalized spacial score (nSPS) is 10.5. The average Bonchev–Trinajstić information content (AvgIpc) is 2.77. The fourth-order valence-electron chi connectivity index (χ4n) is 1.61. The Morgan fingerprint density at radius 3 is 2.94 bits per heavy atom. The Labute approximate surface area is 98.8 Å². The standard InChI is InChI=1S/C11H14N4O2/c1-8-3-4-10(17-2)9(7-8)15-11(5-6-16)12-13-14-15/h3-4,7,16H,5-6H2,1-2H3. The highest BCUT2D eigenvalue weighted by atomic mass is 16.5. The highest BCUT2D eigenvalue weighted by Gasteiger charge is 2.12. The number of methoxy groups -OCH3 is 1. The monoisotopic (exact) mass is 234 g/mol. The number of tetrazole rings is 1. The first-order valence-electron chi connectivity index (χ1n) is 5.29. The van der Waals surface area contributed by atoms with Crippen molar-refractivity contribution in [3.8, 4) is 11.4 Å². The molecule has 1 N–H and O–H groups in total. The summed E-state index contributed by atoms with van der Waals surface area (Å²) in [7, 11) is 1.60. The van der Waals surface area contributed by atoms with Crippen molar-refractivity contribution in [1.82, 2.24) is 20.2 Å². The van der Waals surface area contributed by atoms with Crippen LogP contribution in [0.1, 0.15) is 11.4 Å². The van der Waals surface area contributed by atoms with Crippen LogP contribution in [0.2, 0.25) is 0 Å². The molecule has 0 amide bonds. The number of hydrogen-bond donors (Lipinski definition) is 1. The molecular formula is C11H14N4O2. The van der Waals surface area contributed by atoms with E-state index in [0.29, 0.717) is 18.0 Å². The quantitative estimate of drug-likeness (QED) is 0.834. The van der Waals surface area contributed by atoms with E-state index in [2.05, 4.69) is 15.5 Å². The molecule has 1 aromatic carbocycles. The molecular weight excluding hydrogens is 220 g/mol. The van der Waals surface area contributed by atoms with E-state index in [-0.39, 0.29) is 6.61 Å². The number of rotatable bonds is 4. The molecule has 90 valence electrons. The second-order valence-electron chi connectivity index (χ2n) is 3.66. The van der Waals surface area contributed by atoms with Gasteiger partial charge in [0.25, 0.3) is 0 Å². The minimum atomic E-state index is 0.00844. The molecule has 0 saturated carbocycles. The van der Waals surface area contributed by atoms with Crippen LogP contribution in [-0.4, -0.2) is 39.0 Å². The Bertz CT molecular complexity index is 510. The van der Waals surface area contributed by atoms with Crippen molar-refractivity contribution < 1.29 is 9.84 Å². The summed E-state index contributed by atoms with van der Waals surface area (Å²) in [4.78, 5) is 0. The summed E-state index contributed by atoms with van der Waals surface area (Å²) in [5, 5.41) is 20.4. The van der Waals surface area contributed by atoms with Crippen LogP contribution in [0.5, 0.6) is 5.75 Å². The van der Waals surface area contributed by atoms with E-state index >= 15 is 0 Å². The summed E-state index contributed by atoms with van der Waals surface area (Å²) in [6.45, 7) is 1.99. The number of hydrogen-bond acceptors (Lipinski definition) is 5. The second-order valence-corrected chi connectivity index (χ2v) is 3.66. The van der Waals surface area contributed by atoms with Crippen molar-refractivity contribution >= 4 is 0 Å². The number of nitrogens with zero attached hydrogens (tertiary/aromatic N) is 4. The second kappa shape index (κ2) is 4.92. The zero-order chi connectivity index (χ0) is 12.3. The van der Waals surface area contributed by atoms with Crippen molar-refractivity contribution in [2.24, 2.45) is 0 Å². The summed E-state index contributed by atoms with van der Waals surface area (Å²) in [6, 6.07) is 5.77. The minimum Gasteiger partial charge on any atom is -0.494 e. The lowest BCUT2D eigenvalue weighted by Gasteiger charge is -2.10. The highest BCUT2D eigenvalue weighted by Crippen LogP contribution is 2.23. The van der Waals surface area contributed by atoms with Crippen LogP contribution < -0.4 is 4.74 Å². The topological polar surface area (TPSA) is 73.1 Å². The fraction of sp³-hybridized carbons (Fsp3) is 0.364. The highest BCUT2D eigenvalue weighted by molar-refractivity contribution is 5.48.